The first-order valence-corrected chi connectivity index (χ1v) is 5.83. The van der Waals surface area contributed by atoms with Crippen molar-refractivity contribution in [2.24, 2.45) is 0 Å². The van der Waals surface area contributed by atoms with Gasteiger partial charge in [-0.3, -0.25) is 4.79 Å². The fourth-order valence-corrected chi connectivity index (χ4v) is 1.65. The van der Waals surface area contributed by atoms with E-state index in [1.807, 2.05) is 6.07 Å². The van der Waals surface area contributed by atoms with Crippen molar-refractivity contribution in [2.45, 2.75) is 25.5 Å². The van der Waals surface area contributed by atoms with E-state index in [9.17, 15) is 19.8 Å². The summed E-state index contributed by atoms with van der Waals surface area (Å²) < 4.78 is 0. The van der Waals surface area contributed by atoms with Crippen molar-refractivity contribution < 1.29 is 25.1 Å². The Hall–Kier alpha value is -1.72. The van der Waals surface area contributed by atoms with Crippen LogP contribution in [0.15, 0.2) is 30.3 Å². The third kappa shape index (κ3) is 4.27. The molecule has 1 rings (SSSR count). The number of aliphatic hydroxyl groups excluding tert-OH is 1. The largest absolute Gasteiger partial charge is 0.544 e. The Labute approximate surface area is 105 Å². The van der Waals surface area contributed by atoms with Crippen LogP contribution in [0.1, 0.15) is 23.7 Å². The van der Waals surface area contributed by atoms with Gasteiger partial charge in [-0.2, -0.15) is 0 Å². The van der Waals surface area contributed by atoms with Crippen molar-refractivity contribution >= 4 is 11.8 Å². The summed E-state index contributed by atoms with van der Waals surface area (Å²) in [7, 11) is 0. The Morgan fingerprint density at radius 1 is 1.33 bits per heavy atom. The molecule has 0 aliphatic heterocycles. The number of carboxylic acids is 1. The summed E-state index contributed by atoms with van der Waals surface area (Å²) >= 11 is 0. The lowest BCUT2D eigenvalue weighted by Gasteiger charge is -2.18. The number of rotatable bonds is 7. The number of benzene rings is 1. The van der Waals surface area contributed by atoms with Crippen LogP contribution in [-0.2, 0) is 4.79 Å². The van der Waals surface area contributed by atoms with E-state index in [0.29, 0.717) is 12.1 Å². The van der Waals surface area contributed by atoms with Crippen LogP contribution in [0, 0.1) is 0 Å². The molecule has 0 heterocycles. The zero-order chi connectivity index (χ0) is 13.5. The molecule has 0 aliphatic carbocycles. The van der Waals surface area contributed by atoms with Gasteiger partial charge in [-0.25, -0.2) is 0 Å². The predicted molar refractivity (Wildman–Crippen MR) is 62.7 cm³/mol. The molecule has 1 aromatic rings. The van der Waals surface area contributed by atoms with Crippen molar-refractivity contribution in [3.63, 3.8) is 0 Å². The monoisotopic (exact) mass is 251 g/mol. The molecule has 0 aliphatic rings. The standard InChI is InChI=1S/C13H17NO4/c1-9(15)12(13(17)18)14-8-7-11(16)10-5-3-2-4-6-10/h2-6,9,12,14-15H,7-8H2,1H3,(H,17,18)/t9-,12-/m0/s1. The Kier molecular flexibility index (Phi) is 5.48. The number of hydrogen-bond donors (Lipinski definition) is 2. The van der Waals surface area contributed by atoms with E-state index < -0.39 is 18.1 Å². The smallest absolute Gasteiger partial charge is 0.168 e. The molecule has 1 aromatic carbocycles. The number of carbonyl (C=O) groups excluding carboxylic acids is 2. The number of carbonyl (C=O) groups is 2. The molecule has 0 radical (unpaired) electrons. The van der Waals surface area contributed by atoms with Crippen molar-refractivity contribution in [2.75, 3.05) is 6.54 Å². The summed E-state index contributed by atoms with van der Waals surface area (Å²) in [5.41, 5.74) is 0.605. The highest BCUT2D eigenvalue weighted by Gasteiger charge is 2.19. The minimum absolute atomic E-state index is 0.0467. The number of ketones is 1. The van der Waals surface area contributed by atoms with Crippen molar-refractivity contribution in [1.29, 1.82) is 0 Å². The van der Waals surface area contributed by atoms with Gasteiger partial charge in [-0.15, -0.1) is 0 Å². The number of nitrogens with two attached hydrogens (primary N) is 1. The second-order valence-electron chi connectivity index (χ2n) is 4.15. The van der Waals surface area contributed by atoms with Gasteiger partial charge >= 0.3 is 0 Å². The van der Waals surface area contributed by atoms with Crippen LogP contribution in [0.2, 0.25) is 0 Å². The van der Waals surface area contributed by atoms with E-state index in [1.54, 1.807) is 24.3 Å². The van der Waals surface area contributed by atoms with Crippen molar-refractivity contribution in [1.82, 2.24) is 0 Å². The lowest BCUT2D eigenvalue weighted by Crippen LogP contribution is -2.95. The number of aliphatic hydroxyl groups is 1. The molecule has 0 unspecified atom stereocenters. The molecule has 0 saturated carbocycles. The number of aliphatic carboxylic acids is 1. The average molecular weight is 251 g/mol. The Morgan fingerprint density at radius 2 is 1.94 bits per heavy atom. The molecule has 5 heteroatoms. The highest BCUT2D eigenvalue weighted by molar-refractivity contribution is 5.96. The summed E-state index contributed by atoms with van der Waals surface area (Å²) in [5, 5.41) is 21.3. The van der Waals surface area contributed by atoms with Gasteiger partial charge in [0, 0.05) is 5.56 Å². The van der Waals surface area contributed by atoms with Crippen LogP contribution in [0.4, 0.5) is 0 Å². The quantitative estimate of drug-likeness (QED) is 0.566. The normalized spacial score (nSPS) is 13.9. The maximum Gasteiger partial charge on any atom is 0.168 e. The first kappa shape index (κ1) is 14.3. The Bertz CT molecular complexity index is 403. The molecule has 0 spiro atoms. The van der Waals surface area contributed by atoms with Gasteiger partial charge in [-0.1, -0.05) is 30.3 Å². The molecule has 0 fully saturated rings. The second-order valence-corrected chi connectivity index (χ2v) is 4.15. The number of carboxylic acid groups (broad SMARTS) is 1. The molecular weight excluding hydrogens is 234 g/mol. The predicted octanol–water partition coefficient (Wildman–Crippen LogP) is -1.68. The van der Waals surface area contributed by atoms with E-state index in [0.717, 1.165) is 0 Å². The molecule has 0 aromatic heterocycles. The Morgan fingerprint density at radius 3 is 2.44 bits per heavy atom. The third-order valence-corrected chi connectivity index (χ3v) is 2.68. The van der Waals surface area contributed by atoms with Crippen molar-refractivity contribution in [3.8, 4) is 0 Å². The topological polar surface area (TPSA) is 94.0 Å². The third-order valence-electron chi connectivity index (χ3n) is 2.68. The summed E-state index contributed by atoms with van der Waals surface area (Å²) in [5.74, 6) is -1.37. The molecule has 3 N–H and O–H groups in total. The van der Waals surface area contributed by atoms with E-state index in [1.165, 1.54) is 12.2 Å². The van der Waals surface area contributed by atoms with E-state index in [-0.39, 0.29) is 12.2 Å². The molecule has 18 heavy (non-hydrogen) atoms. The van der Waals surface area contributed by atoms with Gasteiger partial charge in [0.15, 0.2) is 11.8 Å². The SMILES string of the molecule is C[C@H](O)[C@H]([NH2+]CCC(=O)c1ccccc1)C(=O)[O-]. The van der Waals surface area contributed by atoms with Gasteiger partial charge in [-0.05, 0) is 6.92 Å². The molecule has 2 atom stereocenters. The molecule has 0 amide bonds. The first-order valence-electron chi connectivity index (χ1n) is 5.83. The summed E-state index contributed by atoms with van der Waals surface area (Å²) in [4.78, 5) is 22.4. The van der Waals surface area contributed by atoms with E-state index in [2.05, 4.69) is 0 Å². The number of hydrogen-bond acceptors (Lipinski definition) is 4. The number of quaternary nitrogens is 1. The lowest BCUT2D eigenvalue weighted by molar-refractivity contribution is -0.688. The van der Waals surface area contributed by atoms with Crippen LogP contribution < -0.4 is 10.4 Å². The zero-order valence-corrected chi connectivity index (χ0v) is 10.2. The minimum atomic E-state index is -1.32. The second kappa shape index (κ2) is 6.88. The summed E-state index contributed by atoms with van der Waals surface area (Å²) in [6.45, 7) is 1.69. The summed E-state index contributed by atoms with van der Waals surface area (Å²) in [6.07, 6.45) is -0.789. The first-order chi connectivity index (χ1) is 8.52. The van der Waals surface area contributed by atoms with Gasteiger partial charge in [0.2, 0.25) is 0 Å². The number of Topliss-reactive ketones (excluding diaryl/α,β-unsaturated/α-hetero) is 1. The van der Waals surface area contributed by atoms with Crippen LogP contribution in [0.25, 0.3) is 0 Å². The molecule has 0 saturated heterocycles. The van der Waals surface area contributed by atoms with Crippen LogP contribution in [0.3, 0.4) is 0 Å². The zero-order valence-electron chi connectivity index (χ0n) is 10.2. The van der Waals surface area contributed by atoms with E-state index in [4.69, 9.17) is 0 Å². The fraction of sp³-hybridized carbons (Fsp3) is 0.385. The van der Waals surface area contributed by atoms with Crippen molar-refractivity contribution in [3.05, 3.63) is 35.9 Å². The average Bonchev–Trinajstić information content (AvgIpc) is 2.34. The molecule has 5 nitrogen and oxygen atoms in total. The van der Waals surface area contributed by atoms with Crippen LogP contribution >= 0.6 is 0 Å². The summed E-state index contributed by atoms with van der Waals surface area (Å²) in [6, 6.07) is 7.77. The van der Waals surface area contributed by atoms with Gasteiger partial charge in [0.25, 0.3) is 0 Å². The molecular formula is C13H17NO4. The maximum absolute atomic E-state index is 11.7. The highest BCUT2D eigenvalue weighted by atomic mass is 16.4. The Balaban J connectivity index is 2.42. The lowest BCUT2D eigenvalue weighted by atomic mass is 10.1. The van der Waals surface area contributed by atoms with Gasteiger partial charge < -0.3 is 20.3 Å². The molecule has 0 bridgehead atoms. The minimum Gasteiger partial charge on any atom is -0.544 e. The fourth-order valence-electron chi connectivity index (χ4n) is 1.65. The van der Waals surface area contributed by atoms with Gasteiger partial charge in [0.1, 0.15) is 12.1 Å². The van der Waals surface area contributed by atoms with Crippen LogP contribution in [0.5, 0.6) is 0 Å². The highest BCUT2D eigenvalue weighted by Crippen LogP contribution is 2.01. The van der Waals surface area contributed by atoms with Crippen LogP contribution in [-0.4, -0.2) is 35.5 Å². The maximum atomic E-state index is 11.7. The molecule has 98 valence electrons. The van der Waals surface area contributed by atoms with Gasteiger partial charge in [0.05, 0.1) is 13.0 Å². The van der Waals surface area contributed by atoms with E-state index >= 15 is 0 Å².